The van der Waals surface area contributed by atoms with Gasteiger partial charge in [0.15, 0.2) is 11.3 Å². The van der Waals surface area contributed by atoms with E-state index in [0.29, 0.717) is 28.3 Å². The Labute approximate surface area is 108 Å². The minimum atomic E-state index is -0.870. The molecule has 5 nitrogen and oxygen atoms in total. The van der Waals surface area contributed by atoms with Crippen molar-refractivity contribution in [2.75, 3.05) is 0 Å². The van der Waals surface area contributed by atoms with Gasteiger partial charge in [-0.1, -0.05) is 6.07 Å². The summed E-state index contributed by atoms with van der Waals surface area (Å²) in [5.41, 5.74) is 1.91. The van der Waals surface area contributed by atoms with Gasteiger partial charge in [0.05, 0.1) is 12.2 Å². The molecule has 2 heterocycles. The van der Waals surface area contributed by atoms with Crippen molar-refractivity contribution in [3.05, 3.63) is 42.2 Å². The summed E-state index contributed by atoms with van der Waals surface area (Å²) in [5.74, 6) is -0.518. The van der Waals surface area contributed by atoms with Gasteiger partial charge < -0.3 is 13.9 Å². The van der Waals surface area contributed by atoms with Crippen LogP contribution in [-0.4, -0.2) is 16.1 Å². The van der Waals surface area contributed by atoms with Gasteiger partial charge in [-0.25, -0.2) is 4.98 Å². The van der Waals surface area contributed by atoms with Crippen molar-refractivity contribution in [2.45, 2.75) is 12.8 Å². The van der Waals surface area contributed by atoms with Gasteiger partial charge in [-0.2, -0.15) is 0 Å². The summed E-state index contributed by atoms with van der Waals surface area (Å²) in [6.07, 6.45) is 1.54. The summed E-state index contributed by atoms with van der Waals surface area (Å²) in [6.45, 7) is 1.63. The van der Waals surface area contributed by atoms with Gasteiger partial charge in [-0.15, -0.1) is 0 Å². The van der Waals surface area contributed by atoms with Gasteiger partial charge in [0, 0.05) is 0 Å². The molecule has 3 aromatic rings. The van der Waals surface area contributed by atoms with Gasteiger partial charge in [0.1, 0.15) is 5.52 Å². The highest BCUT2D eigenvalue weighted by Gasteiger charge is 2.16. The first kappa shape index (κ1) is 11.5. The third-order valence-corrected chi connectivity index (χ3v) is 3.01. The number of aromatic nitrogens is 1. The molecule has 96 valence electrons. The second kappa shape index (κ2) is 4.28. The van der Waals surface area contributed by atoms with E-state index in [0.717, 1.165) is 0 Å². The fourth-order valence-electron chi connectivity index (χ4n) is 1.86. The lowest BCUT2D eigenvalue weighted by Crippen LogP contribution is -2.06. The van der Waals surface area contributed by atoms with Crippen molar-refractivity contribution in [2.24, 2.45) is 0 Å². The Hall–Kier alpha value is -2.56. The Bertz CT molecular complexity index is 727. The molecule has 5 heteroatoms. The summed E-state index contributed by atoms with van der Waals surface area (Å²) < 4.78 is 10.8. The topological polar surface area (TPSA) is 76.5 Å². The van der Waals surface area contributed by atoms with E-state index < -0.39 is 11.9 Å². The summed E-state index contributed by atoms with van der Waals surface area (Å²) in [7, 11) is 0. The van der Waals surface area contributed by atoms with Gasteiger partial charge in [-0.3, -0.25) is 4.79 Å². The molecule has 0 amide bonds. The zero-order valence-corrected chi connectivity index (χ0v) is 10.2. The van der Waals surface area contributed by atoms with Gasteiger partial charge in [-0.05, 0) is 36.8 Å². The molecule has 19 heavy (non-hydrogen) atoms. The van der Waals surface area contributed by atoms with E-state index in [1.165, 1.54) is 0 Å². The molecule has 0 aliphatic rings. The molecule has 0 fully saturated rings. The first-order valence-corrected chi connectivity index (χ1v) is 5.82. The maximum atomic E-state index is 11.0. The van der Waals surface area contributed by atoms with Crippen molar-refractivity contribution < 1.29 is 18.7 Å². The first-order chi connectivity index (χ1) is 9.15. The summed E-state index contributed by atoms with van der Waals surface area (Å²) in [4.78, 5) is 15.3. The van der Waals surface area contributed by atoms with Crippen LogP contribution in [0.15, 0.2) is 45.4 Å². The normalized spacial score (nSPS) is 12.7. The molecule has 0 aliphatic carbocycles. The smallest absolute Gasteiger partial charge is 0.310 e. The molecule has 2 aromatic heterocycles. The second-order valence-corrected chi connectivity index (χ2v) is 4.28. The van der Waals surface area contributed by atoms with Crippen LogP contribution in [0.4, 0.5) is 0 Å². The molecular formula is C14H11NO4. The number of aliphatic carboxylic acids is 1. The lowest BCUT2D eigenvalue weighted by Gasteiger charge is -2.04. The molecule has 0 saturated carbocycles. The molecule has 0 aliphatic heterocycles. The third kappa shape index (κ3) is 1.99. The Morgan fingerprint density at radius 2 is 2.21 bits per heavy atom. The van der Waals surface area contributed by atoms with Crippen LogP contribution in [0.25, 0.3) is 22.8 Å². The van der Waals surface area contributed by atoms with E-state index in [4.69, 9.17) is 13.9 Å². The molecule has 3 rings (SSSR count). The Morgan fingerprint density at radius 3 is 2.89 bits per heavy atom. The molecular weight excluding hydrogens is 246 g/mol. The molecule has 1 atom stereocenters. The highest BCUT2D eigenvalue weighted by Crippen LogP contribution is 2.27. The molecule has 0 spiro atoms. The average molecular weight is 257 g/mol. The highest BCUT2D eigenvalue weighted by atomic mass is 16.4. The molecule has 1 N–H and O–H groups in total. The first-order valence-electron chi connectivity index (χ1n) is 5.82. The van der Waals surface area contributed by atoms with Crippen LogP contribution in [0.5, 0.6) is 0 Å². The summed E-state index contributed by atoms with van der Waals surface area (Å²) in [5, 5.41) is 9.00. The second-order valence-electron chi connectivity index (χ2n) is 4.28. The van der Waals surface area contributed by atoms with Crippen molar-refractivity contribution >= 4 is 17.1 Å². The Morgan fingerprint density at radius 1 is 1.37 bits per heavy atom. The van der Waals surface area contributed by atoms with Crippen molar-refractivity contribution in [3.63, 3.8) is 0 Å². The van der Waals surface area contributed by atoms with Gasteiger partial charge in [0.25, 0.3) is 5.89 Å². The highest BCUT2D eigenvalue weighted by molar-refractivity contribution is 5.80. The molecule has 0 bridgehead atoms. The van der Waals surface area contributed by atoms with Gasteiger partial charge >= 0.3 is 5.97 Å². The number of furan rings is 1. The maximum Gasteiger partial charge on any atom is 0.310 e. The van der Waals surface area contributed by atoms with Crippen molar-refractivity contribution in [1.29, 1.82) is 0 Å². The number of nitrogens with zero attached hydrogens (tertiary/aromatic N) is 1. The summed E-state index contributed by atoms with van der Waals surface area (Å²) in [6, 6.07) is 8.71. The predicted molar refractivity (Wildman–Crippen MR) is 67.8 cm³/mol. The number of hydrogen-bond acceptors (Lipinski definition) is 4. The molecule has 1 unspecified atom stereocenters. The van der Waals surface area contributed by atoms with Crippen LogP contribution in [0, 0.1) is 0 Å². The molecule has 0 saturated heterocycles. The van der Waals surface area contributed by atoms with E-state index in [1.807, 2.05) is 0 Å². The van der Waals surface area contributed by atoms with E-state index in [-0.39, 0.29) is 0 Å². The number of benzene rings is 1. The Kier molecular flexibility index (Phi) is 2.59. The third-order valence-electron chi connectivity index (χ3n) is 3.01. The standard InChI is InChI=1S/C14H11NO4/c1-8(14(16)17)9-4-5-10-12(7-9)19-13(15-10)11-3-2-6-18-11/h2-8H,1H3,(H,16,17). The SMILES string of the molecule is CC(C(=O)O)c1ccc2nc(-c3ccco3)oc2c1. The van der Waals surface area contributed by atoms with E-state index in [1.54, 1.807) is 43.5 Å². The van der Waals surface area contributed by atoms with E-state index in [9.17, 15) is 4.79 Å². The number of fused-ring (bicyclic) bond motifs is 1. The van der Waals surface area contributed by atoms with Crippen LogP contribution in [-0.2, 0) is 4.79 Å². The van der Waals surface area contributed by atoms with Crippen molar-refractivity contribution in [3.8, 4) is 11.7 Å². The van der Waals surface area contributed by atoms with Crippen LogP contribution >= 0.6 is 0 Å². The number of carboxylic acids is 1. The zero-order chi connectivity index (χ0) is 13.4. The zero-order valence-electron chi connectivity index (χ0n) is 10.2. The minimum absolute atomic E-state index is 0.389. The maximum absolute atomic E-state index is 11.0. The lowest BCUT2D eigenvalue weighted by atomic mass is 10.0. The average Bonchev–Trinajstić information content (AvgIpc) is 3.05. The Balaban J connectivity index is 2.07. The fraction of sp³-hybridized carbons (Fsp3) is 0.143. The minimum Gasteiger partial charge on any atom is -0.481 e. The molecule has 0 radical (unpaired) electrons. The predicted octanol–water partition coefficient (Wildman–Crippen LogP) is 3.28. The van der Waals surface area contributed by atoms with Crippen LogP contribution in [0.1, 0.15) is 18.4 Å². The number of hydrogen-bond donors (Lipinski definition) is 1. The number of oxazole rings is 1. The van der Waals surface area contributed by atoms with Crippen LogP contribution in [0.2, 0.25) is 0 Å². The fourth-order valence-corrected chi connectivity index (χ4v) is 1.86. The van der Waals surface area contributed by atoms with Crippen LogP contribution < -0.4 is 0 Å². The van der Waals surface area contributed by atoms with Gasteiger partial charge in [0.2, 0.25) is 0 Å². The lowest BCUT2D eigenvalue weighted by molar-refractivity contribution is -0.138. The van der Waals surface area contributed by atoms with Crippen molar-refractivity contribution in [1.82, 2.24) is 4.98 Å². The number of carbonyl (C=O) groups is 1. The monoisotopic (exact) mass is 257 g/mol. The number of rotatable bonds is 3. The van der Waals surface area contributed by atoms with E-state index in [2.05, 4.69) is 4.98 Å². The summed E-state index contributed by atoms with van der Waals surface area (Å²) >= 11 is 0. The van der Waals surface area contributed by atoms with E-state index >= 15 is 0 Å². The molecule has 1 aromatic carbocycles. The van der Waals surface area contributed by atoms with Crippen LogP contribution in [0.3, 0.4) is 0 Å². The number of carboxylic acid groups (broad SMARTS) is 1. The largest absolute Gasteiger partial charge is 0.481 e. The quantitative estimate of drug-likeness (QED) is 0.779.